The van der Waals surface area contributed by atoms with Crippen LogP contribution in [0.5, 0.6) is 5.75 Å². The minimum absolute atomic E-state index is 0.241. The Morgan fingerprint density at radius 2 is 1.80 bits per heavy atom. The van der Waals surface area contributed by atoms with Gasteiger partial charge in [-0.2, -0.15) is 0 Å². The highest BCUT2D eigenvalue weighted by Gasteiger charge is 2.09. The number of benzene rings is 2. The molecular weight excluding hydrogens is 252 g/mol. The molecule has 2 aromatic rings. The standard InChI is InChI=1S/C17H18O3/c1-12(2)11-20-16-9-14(8-15(10-16)17(18)19)13-6-4-3-5-7-13/h3-10,12H,11H2,1-2H3,(H,18,19). The third-order valence-corrected chi connectivity index (χ3v) is 2.84. The largest absolute Gasteiger partial charge is 0.493 e. The Bertz CT molecular complexity index is 588. The molecule has 104 valence electrons. The van der Waals surface area contributed by atoms with Crippen LogP contribution in [0.1, 0.15) is 24.2 Å². The zero-order chi connectivity index (χ0) is 14.5. The molecular formula is C17H18O3. The fourth-order valence-corrected chi connectivity index (χ4v) is 1.87. The van der Waals surface area contributed by atoms with Crippen LogP contribution in [0.25, 0.3) is 11.1 Å². The van der Waals surface area contributed by atoms with E-state index in [1.807, 2.05) is 36.4 Å². The highest BCUT2D eigenvalue weighted by Crippen LogP contribution is 2.26. The number of hydrogen-bond donors (Lipinski definition) is 1. The maximum atomic E-state index is 11.2. The van der Waals surface area contributed by atoms with Gasteiger partial charge in [-0.3, -0.25) is 0 Å². The van der Waals surface area contributed by atoms with E-state index in [1.54, 1.807) is 12.1 Å². The van der Waals surface area contributed by atoms with E-state index in [0.717, 1.165) is 11.1 Å². The van der Waals surface area contributed by atoms with Crippen LogP contribution >= 0.6 is 0 Å². The topological polar surface area (TPSA) is 46.5 Å². The Kier molecular flexibility index (Phi) is 4.41. The Labute approximate surface area is 118 Å². The second-order valence-electron chi connectivity index (χ2n) is 5.12. The SMILES string of the molecule is CC(C)COc1cc(C(=O)O)cc(-c2ccccc2)c1. The van der Waals surface area contributed by atoms with E-state index in [-0.39, 0.29) is 5.56 Å². The number of carbonyl (C=O) groups is 1. The summed E-state index contributed by atoms with van der Waals surface area (Å²) in [5.41, 5.74) is 2.07. The minimum Gasteiger partial charge on any atom is -0.493 e. The van der Waals surface area contributed by atoms with Crippen molar-refractivity contribution >= 4 is 5.97 Å². The first-order valence-electron chi connectivity index (χ1n) is 6.63. The van der Waals surface area contributed by atoms with Gasteiger partial charge in [-0.15, -0.1) is 0 Å². The van der Waals surface area contributed by atoms with Crippen LogP contribution in [0.3, 0.4) is 0 Å². The summed E-state index contributed by atoms with van der Waals surface area (Å²) < 4.78 is 5.66. The van der Waals surface area contributed by atoms with Gasteiger partial charge in [-0.1, -0.05) is 44.2 Å². The summed E-state index contributed by atoms with van der Waals surface area (Å²) in [5, 5.41) is 9.20. The molecule has 0 atom stereocenters. The molecule has 0 aliphatic rings. The molecule has 0 unspecified atom stereocenters. The van der Waals surface area contributed by atoms with Gasteiger partial charge in [-0.05, 0) is 35.2 Å². The average Bonchev–Trinajstić information content (AvgIpc) is 2.45. The first-order chi connectivity index (χ1) is 9.56. The summed E-state index contributed by atoms with van der Waals surface area (Å²) in [7, 11) is 0. The summed E-state index contributed by atoms with van der Waals surface area (Å²) in [5.74, 6) is 0.0401. The van der Waals surface area contributed by atoms with Gasteiger partial charge >= 0.3 is 5.97 Å². The Hall–Kier alpha value is -2.29. The lowest BCUT2D eigenvalue weighted by atomic mass is 10.0. The maximum Gasteiger partial charge on any atom is 0.335 e. The third kappa shape index (κ3) is 3.60. The molecule has 2 aromatic carbocycles. The van der Waals surface area contributed by atoms with Gasteiger partial charge in [0.15, 0.2) is 0 Å². The number of hydrogen-bond acceptors (Lipinski definition) is 2. The number of carboxylic acids is 1. The highest BCUT2D eigenvalue weighted by molar-refractivity contribution is 5.90. The molecule has 0 bridgehead atoms. The predicted octanol–water partition coefficient (Wildman–Crippen LogP) is 4.09. The number of aromatic carboxylic acids is 1. The van der Waals surface area contributed by atoms with E-state index in [0.29, 0.717) is 18.3 Å². The summed E-state index contributed by atoms with van der Waals surface area (Å²) in [6.07, 6.45) is 0. The Morgan fingerprint density at radius 3 is 2.40 bits per heavy atom. The van der Waals surface area contributed by atoms with Crippen molar-refractivity contribution in [2.45, 2.75) is 13.8 Å². The summed E-state index contributed by atoms with van der Waals surface area (Å²) in [6, 6.07) is 14.8. The minimum atomic E-state index is -0.947. The van der Waals surface area contributed by atoms with E-state index < -0.39 is 5.97 Å². The second kappa shape index (κ2) is 6.24. The molecule has 0 spiro atoms. The van der Waals surface area contributed by atoms with Crippen LogP contribution in [0.4, 0.5) is 0 Å². The maximum absolute atomic E-state index is 11.2. The van der Waals surface area contributed by atoms with Gasteiger partial charge in [0, 0.05) is 0 Å². The average molecular weight is 270 g/mol. The van der Waals surface area contributed by atoms with Crippen LogP contribution in [-0.4, -0.2) is 17.7 Å². The molecule has 0 fully saturated rings. The summed E-state index contributed by atoms with van der Waals surface area (Å²) in [4.78, 5) is 11.2. The van der Waals surface area contributed by atoms with Gasteiger partial charge in [0.1, 0.15) is 5.75 Å². The van der Waals surface area contributed by atoms with Gasteiger partial charge < -0.3 is 9.84 Å². The first-order valence-corrected chi connectivity index (χ1v) is 6.63. The molecule has 0 aliphatic heterocycles. The predicted molar refractivity (Wildman–Crippen MR) is 79.2 cm³/mol. The van der Waals surface area contributed by atoms with E-state index in [1.165, 1.54) is 0 Å². The van der Waals surface area contributed by atoms with Gasteiger partial charge in [-0.25, -0.2) is 4.79 Å². The van der Waals surface area contributed by atoms with Crippen molar-refractivity contribution in [3.05, 3.63) is 54.1 Å². The van der Waals surface area contributed by atoms with E-state index in [4.69, 9.17) is 4.74 Å². The fraction of sp³-hybridized carbons (Fsp3) is 0.235. The van der Waals surface area contributed by atoms with Crippen molar-refractivity contribution in [2.24, 2.45) is 5.92 Å². The van der Waals surface area contributed by atoms with Crippen molar-refractivity contribution in [2.75, 3.05) is 6.61 Å². The van der Waals surface area contributed by atoms with Gasteiger partial charge in [0.2, 0.25) is 0 Å². The molecule has 3 heteroatoms. The van der Waals surface area contributed by atoms with Gasteiger partial charge in [0.05, 0.1) is 12.2 Å². The Balaban J connectivity index is 2.38. The molecule has 0 aliphatic carbocycles. The fourth-order valence-electron chi connectivity index (χ4n) is 1.87. The van der Waals surface area contributed by atoms with E-state index in [2.05, 4.69) is 13.8 Å². The zero-order valence-corrected chi connectivity index (χ0v) is 11.7. The molecule has 1 N–H and O–H groups in total. The highest BCUT2D eigenvalue weighted by atomic mass is 16.5. The molecule has 0 aromatic heterocycles. The zero-order valence-electron chi connectivity index (χ0n) is 11.7. The van der Waals surface area contributed by atoms with Crippen LogP contribution in [-0.2, 0) is 0 Å². The molecule has 0 heterocycles. The van der Waals surface area contributed by atoms with Crippen LogP contribution in [0.15, 0.2) is 48.5 Å². The smallest absolute Gasteiger partial charge is 0.335 e. The number of ether oxygens (including phenoxy) is 1. The second-order valence-corrected chi connectivity index (χ2v) is 5.12. The summed E-state index contributed by atoms with van der Waals surface area (Å²) >= 11 is 0. The van der Waals surface area contributed by atoms with Crippen LogP contribution in [0, 0.1) is 5.92 Å². The molecule has 0 radical (unpaired) electrons. The molecule has 3 nitrogen and oxygen atoms in total. The quantitative estimate of drug-likeness (QED) is 0.890. The lowest BCUT2D eigenvalue weighted by Crippen LogP contribution is -2.06. The normalized spacial score (nSPS) is 10.6. The molecule has 0 amide bonds. The van der Waals surface area contributed by atoms with Crippen LogP contribution in [0.2, 0.25) is 0 Å². The molecule has 0 saturated carbocycles. The lowest BCUT2D eigenvalue weighted by Gasteiger charge is -2.11. The number of rotatable bonds is 5. The van der Waals surface area contributed by atoms with E-state index >= 15 is 0 Å². The Morgan fingerprint density at radius 1 is 1.10 bits per heavy atom. The van der Waals surface area contributed by atoms with Crippen molar-refractivity contribution in [3.8, 4) is 16.9 Å². The van der Waals surface area contributed by atoms with E-state index in [9.17, 15) is 9.90 Å². The van der Waals surface area contributed by atoms with Gasteiger partial charge in [0.25, 0.3) is 0 Å². The number of carboxylic acid groups (broad SMARTS) is 1. The molecule has 0 saturated heterocycles. The third-order valence-electron chi connectivity index (χ3n) is 2.84. The monoisotopic (exact) mass is 270 g/mol. The summed E-state index contributed by atoms with van der Waals surface area (Å²) in [6.45, 7) is 4.68. The molecule has 20 heavy (non-hydrogen) atoms. The van der Waals surface area contributed by atoms with Crippen molar-refractivity contribution in [3.63, 3.8) is 0 Å². The molecule has 2 rings (SSSR count). The van der Waals surface area contributed by atoms with Crippen molar-refractivity contribution < 1.29 is 14.6 Å². The first kappa shape index (κ1) is 14.1. The van der Waals surface area contributed by atoms with Crippen LogP contribution < -0.4 is 4.74 Å². The lowest BCUT2D eigenvalue weighted by molar-refractivity contribution is 0.0696. The van der Waals surface area contributed by atoms with Crippen molar-refractivity contribution in [1.29, 1.82) is 0 Å². The van der Waals surface area contributed by atoms with Crippen molar-refractivity contribution in [1.82, 2.24) is 0 Å².